The van der Waals surface area contributed by atoms with Crippen LogP contribution in [0.5, 0.6) is 0 Å². The van der Waals surface area contributed by atoms with Gasteiger partial charge in [0.1, 0.15) is 5.69 Å². The van der Waals surface area contributed by atoms with E-state index in [0.717, 1.165) is 23.9 Å². The molecule has 0 radical (unpaired) electrons. The molecule has 0 aliphatic carbocycles. The lowest BCUT2D eigenvalue weighted by atomic mass is 10.1. The second-order valence-electron chi connectivity index (χ2n) is 4.67. The molecule has 2 rings (SSSR count). The van der Waals surface area contributed by atoms with Gasteiger partial charge in [-0.15, -0.1) is 0 Å². The van der Waals surface area contributed by atoms with Gasteiger partial charge in [0.25, 0.3) is 5.91 Å². The number of hydrogen-bond donors (Lipinski definition) is 1. The first-order valence-corrected chi connectivity index (χ1v) is 7.68. The van der Waals surface area contributed by atoms with Crippen molar-refractivity contribution in [1.82, 2.24) is 9.88 Å². The highest BCUT2D eigenvalue weighted by Crippen LogP contribution is 2.14. The fourth-order valence-electron chi connectivity index (χ4n) is 2.16. The third-order valence-electron chi connectivity index (χ3n) is 3.21. The van der Waals surface area contributed by atoms with E-state index < -0.39 is 0 Å². The van der Waals surface area contributed by atoms with E-state index in [4.69, 9.17) is 0 Å². The van der Waals surface area contributed by atoms with Crippen molar-refractivity contribution in [1.29, 1.82) is 0 Å². The Hall–Kier alpha value is -1.55. The maximum atomic E-state index is 12.1. The Kier molecular flexibility index (Phi) is 5.41. The molecule has 2 aromatic rings. The van der Waals surface area contributed by atoms with Crippen molar-refractivity contribution in [3.8, 4) is 0 Å². The highest BCUT2D eigenvalue weighted by atomic mass is 79.9. The van der Waals surface area contributed by atoms with E-state index in [1.165, 1.54) is 5.56 Å². The second-order valence-corrected chi connectivity index (χ2v) is 5.59. The van der Waals surface area contributed by atoms with Crippen LogP contribution >= 0.6 is 15.9 Å². The van der Waals surface area contributed by atoms with Gasteiger partial charge in [-0.1, -0.05) is 30.3 Å². The molecule has 0 aliphatic rings. The molecule has 4 heteroatoms. The number of nitrogens with one attached hydrogen (secondary N) is 1. The van der Waals surface area contributed by atoms with E-state index in [9.17, 15) is 4.79 Å². The van der Waals surface area contributed by atoms with Crippen LogP contribution in [0.1, 0.15) is 29.4 Å². The topological polar surface area (TPSA) is 34.0 Å². The number of hydrogen-bond acceptors (Lipinski definition) is 1. The summed E-state index contributed by atoms with van der Waals surface area (Å²) in [5.74, 6) is -0.00869. The molecule has 1 amide bonds. The van der Waals surface area contributed by atoms with E-state index >= 15 is 0 Å². The molecule has 0 saturated heterocycles. The van der Waals surface area contributed by atoms with Crippen LogP contribution in [0.4, 0.5) is 0 Å². The number of benzene rings is 1. The van der Waals surface area contributed by atoms with Crippen LogP contribution in [0.3, 0.4) is 0 Å². The number of aryl methyl sites for hydroxylation is 2. The van der Waals surface area contributed by atoms with Crippen molar-refractivity contribution in [3.63, 3.8) is 0 Å². The van der Waals surface area contributed by atoms with Crippen LogP contribution in [-0.4, -0.2) is 17.0 Å². The first kappa shape index (κ1) is 14.9. The molecular formula is C16H19BrN2O. The maximum Gasteiger partial charge on any atom is 0.267 e. The van der Waals surface area contributed by atoms with E-state index in [-0.39, 0.29) is 5.91 Å². The second kappa shape index (κ2) is 7.29. The van der Waals surface area contributed by atoms with Gasteiger partial charge >= 0.3 is 0 Å². The molecule has 0 aliphatic heterocycles. The summed E-state index contributed by atoms with van der Waals surface area (Å²) < 4.78 is 2.88. The molecule has 0 spiro atoms. The Labute approximate surface area is 128 Å². The molecule has 20 heavy (non-hydrogen) atoms. The van der Waals surface area contributed by atoms with Crippen LogP contribution < -0.4 is 5.32 Å². The highest BCUT2D eigenvalue weighted by molar-refractivity contribution is 9.10. The summed E-state index contributed by atoms with van der Waals surface area (Å²) in [6.07, 6.45) is 3.86. The lowest BCUT2D eigenvalue weighted by Gasteiger charge is -2.07. The summed E-state index contributed by atoms with van der Waals surface area (Å²) in [7, 11) is 0. The fraction of sp³-hybridized carbons (Fsp3) is 0.312. The van der Waals surface area contributed by atoms with Gasteiger partial charge < -0.3 is 9.88 Å². The number of halogens is 1. The van der Waals surface area contributed by atoms with E-state index in [0.29, 0.717) is 12.2 Å². The molecule has 0 bridgehead atoms. The lowest BCUT2D eigenvalue weighted by molar-refractivity contribution is 0.0944. The van der Waals surface area contributed by atoms with Gasteiger partial charge in [0.15, 0.2) is 0 Å². The smallest absolute Gasteiger partial charge is 0.267 e. The van der Waals surface area contributed by atoms with Crippen LogP contribution in [-0.2, 0) is 13.0 Å². The first-order valence-electron chi connectivity index (χ1n) is 6.88. The average Bonchev–Trinajstić information content (AvgIpc) is 2.86. The predicted octanol–water partition coefficient (Wildman–Crippen LogP) is 3.63. The Morgan fingerprint density at radius 3 is 2.75 bits per heavy atom. The van der Waals surface area contributed by atoms with Gasteiger partial charge in [0, 0.05) is 23.8 Å². The Morgan fingerprint density at radius 1 is 1.30 bits per heavy atom. The zero-order valence-corrected chi connectivity index (χ0v) is 13.2. The number of carbonyl (C=O) groups excluding carboxylic acids is 1. The molecule has 3 nitrogen and oxygen atoms in total. The third kappa shape index (κ3) is 3.97. The number of nitrogens with zero attached hydrogens (tertiary/aromatic N) is 1. The maximum absolute atomic E-state index is 12.1. The van der Waals surface area contributed by atoms with E-state index in [2.05, 4.69) is 33.4 Å². The normalized spacial score (nSPS) is 10.5. The zero-order chi connectivity index (χ0) is 14.4. The molecule has 0 atom stereocenters. The summed E-state index contributed by atoms with van der Waals surface area (Å²) in [4.78, 5) is 12.1. The molecule has 1 aromatic carbocycles. The minimum atomic E-state index is -0.00869. The lowest BCUT2D eigenvalue weighted by Crippen LogP contribution is -2.26. The monoisotopic (exact) mass is 334 g/mol. The van der Waals surface area contributed by atoms with Gasteiger partial charge in [0.05, 0.1) is 0 Å². The Bertz CT molecular complexity index is 563. The van der Waals surface area contributed by atoms with Crippen molar-refractivity contribution < 1.29 is 4.79 Å². The number of aromatic nitrogens is 1. The summed E-state index contributed by atoms with van der Waals surface area (Å²) in [5, 5.41) is 2.98. The van der Waals surface area contributed by atoms with Crippen molar-refractivity contribution in [3.05, 3.63) is 58.3 Å². The first-order chi connectivity index (χ1) is 9.70. The van der Waals surface area contributed by atoms with Gasteiger partial charge in [-0.3, -0.25) is 4.79 Å². The molecule has 0 unspecified atom stereocenters. The van der Waals surface area contributed by atoms with Crippen molar-refractivity contribution >= 4 is 21.8 Å². The molecule has 1 heterocycles. The Balaban J connectivity index is 1.80. The van der Waals surface area contributed by atoms with Crippen LogP contribution in [0.15, 0.2) is 47.1 Å². The molecule has 106 valence electrons. The molecule has 0 saturated carbocycles. The highest BCUT2D eigenvalue weighted by Gasteiger charge is 2.11. The van der Waals surface area contributed by atoms with Gasteiger partial charge in [0.2, 0.25) is 0 Å². The molecule has 1 aromatic heterocycles. The van der Waals surface area contributed by atoms with E-state index in [1.54, 1.807) is 0 Å². The largest absolute Gasteiger partial charge is 0.351 e. The molecular weight excluding hydrogens is 316 g/mol. The SMILES string of the molecule is CCn1cc(Br)cc1C(=O)NCCCc1ccccc1. The number of carbonyl (C=O) groups is 1. The van der Waals surface area contributed by atoms with Crippen molar-refractivity contribution in [2.24, 2.45) is 0 Å². The molecule has 1 N–H and O–H groups in total. The van der Waals surface area contributed by atoms with E-state index in [1.807, 2.05) is 42.0 Å². The Morgan fingerprint density at radius 2 is 2.05 bits per heavy atom. The zero-order valence-electron chi connectivity index (χ0n) is 11.6. The quantitative estimate of drug-likeness (QED) is 0.804. The standard InChI is InChI=1S/C16H19BrN2O/c1-2-19-12-14(17)11-15(19)16(20)18-10-6-9-13-7-4-3-5-8-13/h3-5,7-8,11-12H,2,6,9-10H2,1H3,(H,18,20). The minimum absolute atomic E-state index is 0.00869. The van der Waals surface area contributed by atoms with Crippen LogP contribution in [0.2, 0.25) is 0 Å². The minimum Gasteiger partial charge on any atom is -0.351 e. The van der Waals surface area contributed by atoms with Crippen LogP contribution in [0.25, 0.3) is 0 Å². The fourth-order valence-corrected chi connectivity index (χ4v) is 2.62. The van der Waals surface area contributed by atoms with Crippen molar-refractivity contribution in [2.75, 3.05) is 6.54 Å². The summed E-state index contributed by atoms with van der Waals surface area (Å²) in [5.41, 5.74) is 2.01. The van der Waals surface area contributed by atoms with Gasteiger partial charge in [-0.2, -0.15) is 0 Å². The number of rotatable bonds is 6. The summed E-state index contributed by atoms with van der Waals surface area (Å²) in [6, 6.07) is 12.2. The molecule has 0 fully saturated rings. The average molecular weight is 335 g/mol. The predicted molar refractivity (Wildman–Crippen MR) is 84.9 cm³/mol. The summed E-state index contributed by atoms with van der Waals surface area (Å²) >= 11 is 3.40. The van der Waals surface area contributed by atoms with Gasteiger partial charge in [-0.25, -0.2) is 0 Å². The van der Waals surface area contributed by atoms with Crippen molar-refractivity contribution in [2.45, 2.75) is 26.3 Å². The third-order valence-corrected chi connectivity index (χ3v) is 3.64. The summed E-state index contributed by atoms with van der Waals surface area (Å²) in [6.45, 7) is 3.51. The number of amides is 1. The van der Waals surface area contributed by atoms with Gasteiger partial charge in [-0.05, 0) is 47.3 Å². The van der Waals surface area contributed by atoms with Crippen LogP contribution in [0, 0.1) is 0 Å².